The highest BCUT2D eigenvalue weighted by Crippen LogP contribution is 2.19. The number of carbonyl (C=O) groups excluding carboxylic acids is 1. The summed E-state index contributed by atoms with van der Waals surface area (Å²) in [4.78, 5) is 12.3. The maximum Gasteiger partial charge on any atom is 0.222 e. The fraction of sp³-hybridized carbons (Fsp3) is 0.357. The Morgan fingerprint density at radius 1 is 1.50 bits per heavy atom. The largest absolute Gasteiger partial charge is 0.482 e. The second-order valence-corrected chi connectivity index (χ2v) is 4.86. The molecule has 0 fully saturated rings. The van der Waals surface area contributed by atoms with E-state index >= 15 is 0 Å². The Hall–Kier alpha value is -1.88. The number of aryl methyl sites for hydroxylation is 1. The van der Waals surface area contributed by atoms with Gasteiger partial charge in [-0.3, -0.25) is 4.79 Å². The molecule has 6 heteroatoms. The van der Waals surface area contributed by atoms with Gasteiger partial charge in [-0.25, -0.2) is 4.68 Å². The first-order valence-electron chi connectivity index (χ1n) is 6.46. The molecule has 106 valence electrons. The molecule has 0 aliphatic rings. The predicted octanol–water partition coefficient (Wildman–Crippen LogP) is 2.99. The summed E-state index contributed by atoms with van der Waals surface area (Å²) >= 11 is 5.88. The Morgan fingerprint density at radius 3 is 3.00 bits per heavy atom. The molecule has 2 rings (SSSR count). The number of Topliss-reactive ketones (excluding diaryl/α,β-unsaturated/α-hetero) is 1. The van der Waals surface area contributed by atoms with Gasteiger partial charge in [-0.15, -0.1) is 5.10 Å². The quantitative estimate of drug-likeness (QED) is 0.768. The highest BCUT2D eigenvalue weighted by Gasteiger charge is 2.21. The molecular weight excluding hydrogens is 278 g/mol. The standard InChI is InChI=1S/C14H16ClN3O2/c1-3-7-18-13(9-16-17-18)14(19)10(2)20-12-6-4-5-11(15)8-12/h4-6,8-10H,3,7H2,1-2H3. The number of nitrogens with zero attached hydrogens (tertiary/aromatic N) is 3. The van der Waals surface area contributed by atoms with E-state index in [9.17, 15) is 4.79 Å². The van der Waals surface area contributed by atoms with Crippen molar-refractivity contribution in [3.05, 3.63) is 41.2 Å². The molecule has 1 atom stereocenters. The van der Waals surface area contributed by atoms with Gasteiger partial charge in [-0.05, 0) is 31.5 Å². The summed E-state index contributed by atoms with van der Waals surface area (Å²) in [5, 5.41) is 8.25. The summed E-state index contributed by atoms with van der Waals surface area (Å²) in [7, 11) is 0. The number of hydrogen-bond acceptors (Lipinski definition) is 4. The first-order valence-corrected chi connectivity index (χ1v) is 6.84. The van der Waals surface area contributed by atoms with E-state index in [-0.39, 0.29) is 5.78 Å². The first kappa shape index (κ1) is 14.5. The van der Waals surface area contributed by atoms with Crippen molar-refractivity contribution in [2.75, 3.05) is 0 Å². The van der Waals surface area contributed by atoms with Gasteiger partial charge in [0.15, 0.2) is 6.10 Å². The highest BCUT2D eigenvalue weighted by atomic mass is 35.5. The number of hydrogen-bond donors (Lipinski definition) is 0. The Balaban J connectivity index is 2.10. The summed E-state index contributed by atoms with van der Waals surface area (Å²) in [5.41, 5.74) is 0.460. The van der Waals surface area contributed by atoms with Crippen LogP contribution in [0.1, 0.15) is 30.8 Å². The summed E-state index contributed by atoms with van der Waals surface area (Å²) in [6, 6.07) is 6.96. The maximum atomic E-state index is 12.3. The smallest absolute Gasteiger partial charge is 0.222 e. The Kier molecular flexibility index (Phi) is 4.74. The number of aromatic nitrogens is 3. The Morgan fingerprint density at radius 2 is 2.30 bits per heavy atom. The number of benzene rings is 1. The minimum Gasteiger partial charge on any atom is -0.482 e. The van der Waals surface area contributed by atoms with E-state index in [4.69, 9.17) is 16.3 Å². The molecule has 1 unspecified atom stereocenters. The molecule has 0 amide bonds. The zero-order valence-electron chi connectivity index (χ0n) is 11.4. The van der Waals surface area contributed by atoms with Crippen molar-refractivity contribution in [1.82, 2.24) is 15.0 Å². The van der Waals surface area contributed by atoms with Crippen LogP contribution in [0.15, 0.2) is 30.5 Å². The summed E-state index contributed by atoms with van der Waals surface area (Å²) < 4.78 is 7.21. The van der Waals surface area contributed by atoms with Crippen molar-refractivity contribution in [2.45, 2.75) is 32.9 Å². The van der Waals surface area contributed by atoms with Gasteiger partial charge in [0, 0.05) is 11.6 Å². The van der Waals surface area contributed by atoms with Gasteiger partial charge in [-0.2, -0.15) is 0 Å². The lowest BCUT2D eigenvalue weighted by Crippen LogP contribution is -2.26. The molecule has 0 spiro atoms. The van der Waals surface area contributed by atoms with Crippen molar-refractivity contribution in [3.63, 3.8) is 0 Å². The van der Waals surface area contributed by atoms with E-state index in [0.717, 1.165) is 6.42 Å². The third kappa shape index (κ3) is 3.36. The van der Waals surface area contributed by atoms with Crippen LogP contribution < -0.4 is 4.74 Å². The normalized spacial score (nSPS) is 12.2. The molecule has 1 aromatic heterocycles. The fourth-order valence-electron chi connectivity index (χ4n) is 1.83. The van der Waals surface area contributed by atoms with Crippen LogP contribution in [0.25, 0.3) is 0 Å². The van der Waals surface area contributed by atoms with E-state index in [2.05, 4.69) is 10.3 Å². The zero-order chi connectivity index (χ0) is 14.5. The van der Waals surface area contributed by atoms with Gasteiger partial charge < -0.3 is 4.74 Å². The summed E-state index contributed by atoms with van der Waals surface area (Å²) in [5.74, 6) is 0.413. The molecule has 5 nitrogen and oxygen atoms in total. The molecule has 0 bridgehead atoms. The highest BCUT2D eigenvalue weighted by molar-refractivity contribution is 6.30. The molecule has 2 aromatic rings. The van der Waals surface area contributed by atoms with Gasteiger partial charge in [0.05, 0.1) is 6.20 Å². The molecule has 1 aromatic carbocycles. The Labute approximate surface area is 122 Å². The van der Waals surface area contributed by atoms with E-state index in [1.807, 2.05) is 6.92 Å². The van der Waals surface area contributed by atoms with Crippen molar-refractivity contribution < 1.29 is 9.53 Å². The number of rotatable bonds is 6. The van der Waals surface area contributed by atoms with Crippen LogP contribution in [0.5, 0.6) is 5.75 Å². The van der Waals surface area contributed by atoms with Gasteiger partial charge in [0.2, 0.25) is 5.78 Å². The van der Waals surface area contributed by atoms with Crippen LogP contribution in [-0.4, -0.2) is 26.9 Å². The predicted molar refractivity (Wildman–Crippen MR) is 76.2 cm³/mol. The average Bonchev–Trinajstić information content (AvgIpc) is 2.86. The van der Waals surface area contributed by atoms with Crippen molar-refractivity contribution >= 4 is 17.4 Å². The van der Waals surface area contributed by atoms with Gasteiger partial charge >= 0.3 is 0 Å². The zero-order valence-corrected chi connectivity index (χ0v) is 12.2. The van der Waals surface area contributed by atoms with Crippen LogP contribution in [-0.2, 0) is 6.54 Å². The van der Waals surface area contributed by atoms with E-state index in [1.165, 1.54) is 6.20 Å². The molecule has 1 heterocycles. The van der Waals surface area contributed by atoms with E-state index in [1.54, 1.807) is 35.9 Å². The van der Waals surface area contributed by atoms with Gasteiger partial charge in [0.25, 0.3) is 0 Å². The molecular formula is C14H16ClN3O2. The van der Waals surface area contributed by atoms with E-state index < -0.39 is 6.10 Å². The molecule has 0 aliphatic heterocycles. The molecule has 0 aliphatic carbocycles. The fourth-order valence-corrected chi connectivity index (χ4v) is 2.01. The van der Waals surface area contributed by atoms with Crippen LogP contribution in [0.2, 0.25) is 5.02 Å². The lowest BCUT2D eigenvalue weighted by Gasteiger charge is -2.14. The number of ketones is 1. The van der Waals surface area contributed by atoms with Crippen LogP contribution in [0.4, 0.5) is 0 Å². The Bertz CT molecular complexity index is 598. The van der Waals surface area contributed by atoms with Crippen molar-refractivity contribution in [3.8, 4) is 5.75 Å². The van der Waals surface area contributed by atoms with Crippen LogP contribution >= 0.6 is 11.6 Å². The maximum absolute atomic E-state index is 12.3. The summed E-state index contributed by atoms with van der Waals surface area (Å²) in [6.45, 7) is 4.37. The van der Waals surface area contributed by atoms with Crippen molar-refractivity contribution in [2.24, 2.45) is 0 Å². The molecule has 0 radical (unpaired) electrons. The monoisotopic (exact) mass is 293 g/mol. The minimum absolute atomic E-state index is 0.150. The topological polar surface area (TPSA) is 57.0 Å². The number of ether oxygens (including phenoxy) is 1. The average molecular weight is 294 g/mol. The minimum atomic E-state index is -0.623. The van der Waals surface area contributed by atoms with Crippen LogP contribution in [0, 0.1) is 0 Å². The SMILES string of the molecule is CCCn1nncc1C(=O)C(C)Oc1cccc(Cl)c1. The van der Waals surface area contributed by atoms with E-state index in [0.29, 0.717) is 23.0 Å². The lowest BCUT2D eigenvalue weighted by atomic mass is 10.2. The molecule has 0 saturated heterocycles. The molecule has 0 saturated carbocycles. The first-order chi connectivity index (χ1) is 9.61. The third-order valence-electron chi connectivity index (χ3n) is 2.78. The lowest BCUT2D eigenvalue weighted by molar-refractivity contribution is 0.0806. The molecule has 0 N–H and O–H groups in total. The summed E-state index contributed by atoms with van der Waals surface area (Å²) in [6.07, 6.45) is 1.73. The van der Waals surface area contributed by atoms with Gasteiger partial charge in [0.1, 0.15) is 11.4 Å². The second kappa shape index (κ2) is 6.52. The van der Waals surface area contributed by atoms with Crippen LogP contribution in [0.3, 0.4) is 0 Å². The van der Waals surface area contributed by atoms with Gasteiger partial charge in [-0.1, -0.05) is 29.8 Å². The number of carbonyl (C=O) groups is 1. The van der Waals surface area contributed by atoms with Crippen molar-refractivity contribution in [1.29, 1.82) is 0 Å². The molecule has 20 heavy (non-hydrogen) atoms. The number of halogens is 1. The third-order valence-corrected chi connectivity index (χ3v) is 3.02. The second-order valence-electron chi connectivity index (χ2n) is 4.42.